The summed E-state index contributed by atoms with van der Waals surface area (Å²) in [6.07, 6.45) is 3.95. The molecule has 0 bridgehead atoms. The molecule has 0 atom stereocenters. The Morgan fingerprint density at radius 1 is 1.03 bits per heavy atom. The van der Waals surface area contributed by atoms with Gasteiger partial charge in [0.05, 0.1) is 16.0 Å². The van der Waals surface area contributed by atoms with Gasteiger partial charge >= 0.3 is 0 Å². The third-order valence-corrected chi connectivity index (χ3v) is 9.19. The first kappa shape index (κ1) is 26.1. The van der Waals surface area contributed by atoms with Gasteiger partial charge in [-0.15, -0.1) is 0 Å². The van der Waals surface area contributed by atoms with E-state index in [1.807, 2.05) is 24.3 Å². The summed E-state index contributed by atoms with van der Waals surface area (Å²) < 4.78 is 26.1. The minimum Gasteiger partial charge on any atom is -0.340 e. The van der Waals surface area contributed by atoms with Crippen LogP contribution in [0, 0.1) is 0 Å². The number of fused-ring (bicyclic) bond motifs is 1. The number of rotatable bonds is 7. The van der Waals surface area contributed by atoms with Gasteiger partial charge in [-0.3, -0.25) is 4.79 Å². The second kappa shape index (κ2) is 10.7. The van der Waals surface area contributed by atoms with E-state index < -0.39 is 10.0 Å². The summed E-state index contributed by atoms with van der Waals surface area (Å²) in [7, 11) is -0.518. The molecule has 0 aliphatic carbocycles. The number of benzene rings is 2. The number of nitrogens with one attached hydrogen (secondary N) is 2. The molecule has 2 aromatic carbocycles. The molecule has 1 saturated heterocycles. The number of hydrogen-bond acceptors (Lipinski definition) is 6. The van der Waals surface area contributed by atoms with Crippen molar-refractivity contribution in [2.24, 2.45) is 0 Å². The second-order valence-electron chi connectivity index (χ2n) is 9.89. The second-order valence-corrected chi connectivity index (χ2v) is 12.0. The zero-order chi connectivity index (χ0) is 26.9. The first-order chi connectivity index (χ1) is 18.3. The van der Waals surface area contributed by atoms with Crippen molar-refractivity contribution in [1.82, 2.24) is 19.2 Å². The van der Waals surface area contributed by atoms with Crippen molar-refractivity contribution in [3.05, 3.63) is 82.8 Å². The zero-order valence-corrected chi connectivity index (χ0v) is 22.8. The Morgan fingerprint density at radius 2 is 1.71 bits per heavy atom. The van der Waals surface area contributed by atoms with Gasteiger partial charge in [0.2, 0.25) is 10.0 Å². The van der Waals surface area contributed by atoms with Crippen molar-refractivity contribution in [3.8, 4) is 11.3 Å². The van der Waals surface area contributed by atoms with Gasteiger partial charge in [-0.1, -0.05) is 31.2 Å². The minimum atomic E-state index is -3.53. The predicted octanol–water partition coefficient (Wildman–Crippen LogP) is 4.78. The highest BCUT2D eigenvalue weighted by molar-refractivity contribution is 7.89. The number of aromatic nitrogens is 2. The molecular formula is C29H33N5O3S. The number of nitrogens with zero attached hydrogens (tertiary/aromatic N) is 3. The van der Waals surface area contributed by atoms with E-state index in [1.165, 1.54) is 36.8 Å². The van der Waals surface area contributed by atoms with Gasteiger partial charge in [0.1, 0.15) is 5.82 Å². The quantitative estimate of drug-likeness (QED) is 0.356. The topological polar surface area (TPSA) is 98.4 Å². The number of piperidine rings is 1. The highest BCUT2D eigenvalue weighted by atomic mass is 32.2. The van der Waals surface area contributed by atoms with E-state index in [9.17, 15) is 13.2 Å². The van der Waals surface area contributed by atoms with Crippen LogP contribution in [0.5, 0.6) is 0 Å². The van der Waals surface area contributed by atoms with E-state index >= 15 is 0 Å². The maximum atomic E-state index is 12.8. The normalized spacial score (nSPS) is 15.3. The van der Waals surface area contributed by atoms with Crippen LogP contribution in [0.15, 0.2) is 76.6 Å². The molecule has 0 spiro atoms. The van der Waals surface area contributed by atoms with E-state index in [0.717, 1.165) is 36.3 Å². The number of anilines is 2. The van der Waals surface area contributed by atoms with Gasteiger partial charge in [-0.2, -0.15) is 0 Å². The lowest BCUT2D eigenvalue weighted by Crippen LogP contribution is -2.32. The van der Waals surface area contributed by atoms with Crippen LogP contribution in [0.25, 0.3) is 22.0 Å². The van der Waals surface area contributed by atoms with Crippen molar-refractivity contribution < 1.29 is 8.42 Å². The van der Waals surface area contributed by atoms with Gasteiger partial charge in [0.15, 0.2) is 0 Å². The van der Waals surface area contributed by atoms with E-state index in [2.05, 4.69) is 34.3 Å². The van der Waals surface area contributed by atoms with Crippen LogP contribution in [0.1, 0.15) is 31.2 Å². The third-order valence-electron chi connectivity index (χ3n) is 7.36. The van der Waals surface area contributed by atoms with Crippen molar-refractivity contribution >= 4 is 32.3 Å². The molecule has 2 N–H and O–H groups in total. The molecule has 2 aromatic heterocycles. The fourth-order valence-electron chi connectivity index (χ4n) is 5.02. The molecule has 198 valence electrons. The number of hydrogen-bond donors (Lipinski definition) is 2. The standard InChI is InChI=1S/C29H33N5O3S/c1-4-34-17-14-21(15-18-34)20-5-9-24(10-6-20)31-28-27-23(13-16-30-29(27)35)19-26(32-28)22-7-11-25(12-8-22)38(36,37)33(2)3/h5-13,16,19,21H,4,14-15,17-18H2,1-3H3,(H,30,35)(H,31,32). The van der Waals surface area contributed by atoms with E-state index in [4.69, 9.17) is 4.98 Å². The Kier molecular flexibility index (Phi) is 7.34. The van der Waals surface area contributed by atoms with Crippen LogP contribution in [-0.4, -0.2) is 61.3 Å². The van der Waals surface area contributed by atoms with Crippen LogP contribution in [0.3, 0.4) is 0 Å². The Balaban J connectivity index is 1.45. The highest BCUT2D eigenvalue weighted by Crippen LogP contribution is 2.31. The number of pyridine rings is 2. The molecular weight excluding hydrogens is 498 g/mol. The van der Waals surface area contributed by atoms with Gasteiger partial charge in [-0.25, -0.2) is 17.7 Å². The summed E-state index contributed by atoms with van der Waals surface area (Å²) in [5, 5.41) is 4.57. The maximum Gasteiger partial charge on any atom is 0.259 e. The van der Waals surface area contributed by atoms with Gasteiger partial charge < -0.3 is 15.2 Å². The molecule has 1 aliphatic rings. The first-order valence-electron chi connectivity index (χ1n) is 12.9. The Hall–Kier alpha value is -3.53. The van der Waals surface area contributed by atoms with Gasteiger partial charge in [0, 0.05) is 31.5 Å². The van der Waals surface area contributed by atoms with E-state index in [1.54, 1.807) is 30.5 Å². The lowest BCUT2D eigenvalue weighted by Gasteiger charge is -2.31. The summed E-state index contributed by atoms with van der Waals surface area (Å²) in [5.41, 5.74) is 3.35. The zero-order valence-electron chi connectivity index (χ0n) is 21.9. The number of aromatic amines is 1. The largest absolute Gasteiger partial charge is 0.340 e. The highest BCUT2D eigenvalue weighted by Gasteiger charge is 2.20. The fourth-order valence-corrected chi connectivity index (χ4v) is 5.92. The van der Waals surface area contributed by atoms with Crippen LogP contribution in [0.4, 0.5) is 11.5 Å². The molecule has 0 radical (unpaired) electrons. The first-order valence-corrected chi connectivity index (χ1v) is 14.3. The van der Waals surface area contributed by atoms with Crippen molar-refractivity contribution in [2.45, 2.75) is 30.6 Å². The molecule has 5 rings (SSSR count). The van der Waals surface area contributed by atoms with Gasteiger partial charge in [-0.05, 0) is 85.7 Å². The molecule has 1 fully saturated rings. The molecule has 8 nitrogen and oxygen atoms in total. The van der Waals surface area contributed by atoms with Gasteiger partial charge in [0.25, 0.3) is 5.56 Å². The molecule has 1 aliphatic heterocycles. The van der Waals surface area contributed by atoms with Crippen LogP contribution in [0.2, 0.25) is 0 Å². The Morgan fingerprint density at radius 3 is 2.34 bits per heavy atom. The summed E-state index contributed by atoms with van der Waals surface area (Å²) in [4.78, 5) is 23.0. The minimum absolute atomic E-state index is 0.210. The predicted molar refractivity (Wildman–Crippen MR) is 152 cm³/mol. The lowest BCUT2D eigenvalue weighted by atomic mass is 9.89. The van der Waals surface area contributed by atoms with Crippen LogP contribution in [-0.2, 0) is 10.0 Å². The van der Waals surface area contributed by atoms with Crippen LogP contribution < -0.4 is 10.9 Å². The molecule has 4 aromatic rings. The molecule has 0 amide bonds. The maximum absolute atomic E-state index is 12.8. The van der Waals surface area contributed by atoms with Crippen molar-refractivity contribution in [3.63, 3.8) is 0 Å². The van der Waals surface area contributed by atoms with Crippen molar-refractivity contribution in [1.29, 1.82) is 0 Å². The number of H-pyrrole nitrogens is 1. The molecule has 9 heteroatoms. The number of likely N-dealkylation sites (tertiary alicyclic amines) is 1. The molecule has 0 saturated carbocycles. The number of sulfonamides is 1. The summed E-state index contributed by atoms with van der Waals surface area (Å²) >= 11 is 0. The fraction of sp³-hybridized carbons (Fsp3) is 0.310. The monoisotopic (exact) mass is 531 g/mol. The molecule has 3 heterocycles. The SMILES string of the molecule is CCN1CCC(c2ccc(Nc3nc(-c4ccc(S(=O)(=O)N(C)C)cc4)cc4cc[nH]c(=O)c34)cc2)CC1. The molecule has 0 unspecified atom stereocenters. The summed E-state index contributed by atoms with van der Waals surface area (Å²) in [6.45, 7) is 5.58. The Labute approximate surface area is 223 Å². The average Bonchev–Trinajstić information content (AvgIpc) is 2.93. The Bertz CT molecular complexity index is 1590. The van der Waals surface area contributed by atoms with Crippen molar-refractivity contribution in [2.75, 3.05) is 39.0 Å². The molecule has 38 heavy (non-hydrogen) atoms. The van der Waals surface area contributed by atoms with E-state index in [-0.39, 0.29) is 10.5 Å². The van der Waals surface area contributed by atoms with Crippen LogP contribution >= 0.6 is 0 Å². The summed E-state index contributed by atoms with van der Waals surface area (Å²) in [5.74, 6) is 1.02. The lowest BCUT2D eigenvalue weighted by molar-refractivity contribution is 0.222. The smallest absolute Gasteiger partial charge is 0.259 e. The third kappa shape index (κ3) is 5.22. The average molecular weight is 532 g/mol. The summed E-state index contributed by atoms with van der Waals surface area (Å²) in [6, 6.07) is 18.7. The van der Waals surface area contributed by atoms with E-state index in [0.29, 0.717) is 22.8 Å².